The Bertz CT molecular complexity index is 681. The van der Waals surface area contributed by atoms with Crippen molar-refractivity contribution in [1.29, 1.82) is 0 Å². The van der Waals surface area contributed by atoms with Gasteiger partial charge in [0.25, 0.3) is 0 Å². The topological polar surface area (TPSA) is 69.2 Å². The second kappa shape index (κ2) is 14.5. The number of nitrogens with one attached hydrogen (secondary N) is 2. The molecular formula is C23H40IN5O2. The van der Waals surface area contributed by atoms with Gasteiger partial charge in [-0.15, -0.1) is 24.0 Å². The largest absolute Gasteiger partial charge is 0.497 e. The number of methoxy groups -OCH3 is 1. The molecule has 2 rings (SSSR count). The molecule has 2 atom stereocenters. The number of hydrogen-bond donors (Lipinski definition) is 2. The maximum Gasteiger partial charge on any atom is 0.243 e. The van der Waals surface area contributed by atoms with Gasteiger partial charge in [-0.25, -0.2) is 4.99 Å². The molecule has 31 heavy (non-hydrogen) atoms. The Balaban J connectivity index is 0.00000480. The van der Waals surface area contributed by atoms with E-state index < -0.39 is 0 Å². The third-order valence-corrected chi connectivity index (χ3v) is 5.64. The third-order valence-electron chi connectivity index (χ3n) is 5.64. The molecule has 7 nitrogen and oxygen atoms in total. The smallest absolute Gasteiger partial charge is 0.243 e. The van der Waals surface area contributed by atoms with Crippen molar-refractivity contribution in [2.75, 3.05) is 53.9 Å². The minimum atomic E-state index is -0.00145. The first-order chi connectivity index (χ1) is 14.4. The highest BCUT2D eigenvalue weighted by Gasteiger charge is 2.23. The zero-order valence-corrected chi connectivity index (χ0v) is 22.0. The fourth-order valence-corrected chi connectivity index (χ4v) is 3.73. The number of hydrogen-bond acceptors (Lipinski definition) is 4. The van der Waals surface area contributed by atoms with Crippen LogP contribution in [0.3, 0.4) is 0 Å². The SMILES string of the molecule is CCN1CCCC1CNC(=NCC(=O)N(C)C)NCC(C)Cc1ccc(OC)cc1.I. The molecule has 0 aliphatic carbocycles. The van der Waals surface area contributed by atoms with Crippen LogP contribution in [0, 0.1) is 5.92 Å². The van der Waals surface area contributed by atoms with Crippen LogP contribution in [0.25, 0.3) is 0 Å². The summed E-state index contributed by atoms with van der Waals surface area (Å²) >= 11 is 0. The van der Waals surface area contributed by atoms with Gasteiger partial charge in [-0.3, -0.25) is 9.69 Å². The number of carbonyl (C=O) groups is 1. The van der Waals surface area contributed by atoms with Crippen molar-refractivity contribution >= 4 is 35.8 Å². The minimum absolute atomic E-state index is 0. The Morgan fingerprint density at radius 2 is 2.00 bits per heavy atom. The number of amides is 1. The number of aliphatic imine (C=N–C) groups is 1. The van der Waals surface area contributed by atoms with Gasteiger partial charge in [0.2, 0.25) is 5.91 Å². The van der Waals surface area contributed by atoms with Crippen LogP contribution in [0.1, 0.15) is 32.3 Å². The first-order valence-electron chi connectivity index (χ1n) is 11.0. The first kappa shape index (κ1) is 27.5. The average Bonchev–Trinajstić information content (AvgIpc) is 3.21. The number of benzene rings is 1. The van der Waals surface area contributed by atoms with Crippen LogP contribution in [0.15, 0.2) is 29.3 Å². The summed E-state index contributed by atoms with van der Waals surface area (Å²) in [6.45, 7) is 8.46. The molecule has 176 valence electrons. The lowest BCUT2D eigenvalue weighted by atomic mass is 10.0. The van der Waals surface area contributed by atoms with E-state index in [-0.39, 0.29) is 36.4 Å². The van der Waals surface area contributed by atoms with Gasteiger partial charge in [-0.1, -0.05) is 26.0 Å². The normalized spacial score (nSPS) is 17.6. The van der Waals surface area contributed by atoms with Crippen molar-refractivity contribution in [1.82, 2.24) is 20.4 Å². The van der Waals surface area contributed by atoms with Crippen LogP contribution >= 0.6 is 24.0 Å². The number of ether oxygens (including phenoxy) is 1. The Morgan fingerprint density at radius 1 is 1.29 bits per heavy atom. The number of rotatable bonds is 10. The van der Waals surface area contributed by atoms with Gasteiger partial charge in [0.1, 0.15) is 12.3 Å². The van der Waals surface area contributed by atoms with Crippen molar-refractivity contribution in [3.63, 3.8) is 0 Å². The summed E-state index contributed by atoms with van der Waals surface area (Å²) in [6.07, 6.45) is 3.42. The fourth-order valence-electron chi connectivity index (χ4n) is 3.73. The summed E-state index contributed by atoms with van der Waals surface area (Å²) in [5, 5.41) is 6.90. The number of likely N-dealkylation sites (N-methyl/N-ethyl adjacent to an activating group) is 2. The maximum atomic E-state index is 12.0. The van der Waals surface area contributed by atoms with Gasteiger partial charge < -0.3 is 20.3 Å². The summed E-state index contributed by atoms with van der Waals surface area (Å²) in [7, 11) is 5.20. The van der Waals surface area contributed by atoms with Gasteiger partial charge in [-0.2, -0.15) is 0 Å². The molecule has 1 heterocycles. The molecule has 2 unspecified atom stereocenters. The summed E-state index contributed by atoms with van der Waals surface area (Å²) in [5.74, 6) is 2.02. The Labute approximate surface area is 205 Å². The average molecular weight is 546 g/mol. The Morgan fingerprint density at radius 3 is 2.61 bits per heavy atom. The molecule has 0 spiro atoms. The van der Waals surface area contributed by atoms with Crippen LogP contribution in [-0.4, -0.2) is 81.6 Å². The number of guanidine groups is 1. The van der Waals surface area contributed by atoms with E-state index in [9.17, 15) is 4.79 Å². The van der Waals surface area contributed by atoms with E-state index in [4.69, 9.17) is 4.74 Å². The highest BCUT2D eigenvalue weighted by molar-refractivity contribution is 14.0. The second-order valence-corrected chi connectivity index (χ2v) is 8.30. The molecule has 0 bridgehead atoms. The summed E-state index contributed by atoms with van der Waals surface area (Å²) in [6, 6.07) is 8.74. The number of nitrogens with zero attached hydrogens (tertiary/aromatic N) is 3. The van der Waals surface area contributed by atoms with Crippen molar-refractivity contribution < 1.29 is 9.53 Å². The number of likely N-dealkylation sites (tertiary alicyclic amines) is 1. The van der Waals surface area contributed by atoms with Gasteiger partial charge in [0.05, 0.1) is 7.11 Å². The third kappa shape index (κ3) is 9.64. The number of carbonyl (C=O) groups excluding carboxylic acids is 1. The molecule has 1 aliphatic heterocycles. The van der Waals surface area contributed by atoms with E-state index in [2.05, 4.69) is 46.5 Å². The molecule has 1 saturated heterocycles. The molecule has 1 aromatic carbocycles. The van der Waals surface area contributed by atoms with Gasteiger partial charge >= 0.3 is 0 Å². The zero-order chi connectivity index (χ0) is 21.9. The summed E-state index contributed by atoms with van der Waals surface area (Å²) < 4.78 is 5.23. The monoisotopic (exact) mass is 545 g/mol. The van der Waals surface area contributed by atoms with Crippen molar-refractivity contribution in [3.05, 3.63) is 29.8 Å². The first-order valence-corrected chi connectivity index (χ1v) is 11.0. The molecule has 8 heteroatoms. The quantitative estimate of drug-likeness (QED) is 0.269. The van der Waals surface area contributed by atoms with Gasteiger partial charge in [0, 0.05) is 33.2 Å². The zero-order valence-electron chi connectivity index (χ0n) is 19.7. The molecular weight excluding hydrogens is 505 g/mol. The van der Waals surface area contributed by atoms with E-state index in [0.717, 1.165) is 37.8 Å². The van der Waals surface area contributed by atoms with Crippen LogP contribution in [0.5, 0.6) is 5.75 Å². The maximum absolute atomic E-state index is 12.0. The fraction of sp³-hybridized carbons (Fsp3) is 0.652. The van der Waals surface area contributed by atoms with Crippen LogP contribution in [0.4, 0.5) is 0 Å². The molecule has 0 saturated carbocycles. The van der Waals surface area contributed by atoms with E-state index in [1.54, 1.807) is 26.1 Å². The second-order valence-electron chi connectivity index (χ2n) is 8.30. The van der Waals surface area contributed by atoms with Gasteiger partial charge in [0.15, 0.2) is 5.96 Å². The summed E-state index contributed by atoms with van der Waals surface area (Å²) in [5.41, 5.74) is 1.28. The highest BCUT2D eigenvalue weighted by Crippen LogP contribution is 2.16. The van der Waals surface area contributed by atoms with Crippen molar-refractivity contribution in [2.24, 2.45) is 10.9 Å². The molecule has 1 amide bonds. The van der Waals surface area contributed by atoms with Gasteiger partial charge in [-0.05, 0) is 56.0 Å². The minimum Gasteiger partial charge on any atom is -0.497 e. The molecule has 1 fully saturated rings. The summed E-state index contributed by atoms with van der Waals surface area (Å²) in [4.78, 5) is 20.6. The molecule has 1 aliphatic rings. The molecule has 1 aromatic rings. The van der Waals surface area contributed by atoms with Crippen LogP contribution in [0.2, 0.25) is 0 Å². The van der Waals surface area contributed by atoms with Crippen molar-refractivity contribution in [3.8, 4) is 5.75 Å². The predicted octanol–water partition coefficient (Wildman–Crippen LogP) is 2.60. The predicted molar refractivity (Wildman–Crippen MR) is 139 cm³/mol. The molecule has 0 radical (unpaired) electrons. The standard InChI is InChI=1S/C23H39N5O2.HI/c1-6-28-13-7-8-20(28)16-25-23(26-17-22(29)27(3)4)24-15-18(2)14-19-9-11-21(30-5)12-10-19;/h9-12,18,20H,6-8,13-17H2,1-5H3,(H2,24,25,26);1H. The lowest BCUT2D eigenvalue weighted by Gasteiger charge is -2.24. The van der Waals surface area contributed by atoms with Crippen molar-refractivity contribution in [2.45, 2.75) is 39.2 Å². The Kier molecular flexibility index (Phi) is 12.9. The van der Waals surface area contributed by atoms with E-state index in [1.807, 2.05) is 12.1 Å². The lowest BCUT2D eigenvalue weighted by molar-refractivity contribution is -0.127. The Hall–Kier alpha value is -1.55. The number of halogens is 1. The molecule has 0 aromatic heterocycles. The van der Waals surface area contributed by atoms with E-state index >= 15 is 0 Å². The lowest BCUT2D eigenvalue weighted by Crippen LogP contribution is -2.46. The highest BCUT2D eigenvalue weighted by atomic mass is 127. The van der Waals surface area contributed by atoms with Crippen LogP contribution in [-0.2, 0) is 11.2 Å². The molecule has 2 N–H and O–H groups in total. The van der Waals surface area contributed by atoms with Crippen LogP contribution < -0.4 is 15.4 Å². The van der Waals surface area contributed by atoms with E-state index in [0.29, 0.717) is 12.0 Å². The van der Waals surface area contributed by atoms with E-state index in [1.165, 1.54) is 24.9 Å².